The summed E-state index contributed by atoms with van der Waals surface area (Å²) in [7, 11) is 0. The molecule has 2 fully saturated rings. The number of β-lactam (4-membered cyclic amide) rings is 1. The number of hydrogen-bond acceptors (Lipinski definition) is 5. The maximum atomic E-state index is 12.4. The number of esters is 1. The number of fused-ring (bicyclic) bond motifs is 1. The van der Waals surface area contributed by atoms with Crippen LogP contribution in [0, 0.1) is 5.92 Å². The van der Waals surface area contributed by atoms with E-state index in [0.29, 0.717) is 17.9 Å². The minimum absolute atomic E-state index is 0.168. The van der Waals surface area contributed by atoms with Gasteiger partial charge in [-0.15, -0.1) is 11.8 Å². The molecule has 6 heteroatoms. The Hall–Kier alpha value is -1.82. The Morgan fingerprint density at radius 2 is 2.05 bits per heavy atom. The van der Waals surface area contributed by atoms with E-state index < -0.39 is 12.0 Å². The third-order valence-electron chi connectivity index (χ3n) is 3.74. The third-order valence-corrected chi connectivity index (χ3v) is 5.09. The molecule has 1 aromatic carbocycles. The second kappa shape index (κ2) is 5.52. The van der Waals surface area contributed by atoms with Gasteiger partial charge in [-0.3, -0.25) is 9.59 Å². The molecule has 2 aliphatic heterocycles. The number of rotatable bonds is 4. The number of carbonyl (C=O) groups excluding carboxylic acids is 3. The quantitative estimate of drug-likeness (QED) is 0.363. The standard InChI is InChI=1S/C15H15NO4S/c1-2-20-15(19)10-8-21-14-11(13(18)16(10)14)12(17)9-6-4-3-5-7-9/h3-7,10-11,14H,2,8H2,1H3/t10-,11-,14?/m1/s1. The largest absolute Gasteiger partial charge is 0.464 e. The van der Waals surface area contributed by atoms with E-state index in [4.69, 9.17) is 4.74 Å². The molecule has 2 heterocycles. The molecule has 1 aromatic rings. The number of Topliss-reactive ketones (excluding diaryl/α,β-unsaturated/α-hetero) is 1. The summed E-state index contributed by atoms with van der Waals surface area (Å²) in [5.74, 6) is -0.993. The molecular weight excluding hydrogens is 290 g/mol. The van der Waals surface area contributed by atoms with Crippen molar-refractivity contribution in [1.82, 2.24) is 4.90 Å². The van der Waals surface area contributed by atoms with Crippen LogP contribution in [0.25, 0.3) is 0 Å². The van der Waals surface area contributed by atoms with Crippen molar-refractivity contribution in [3.05, 3.63) is 35.9 Å². The molecule has 0 aromatic heterocycles. The van der Waals surface area contributed by atoms with Gasteiger partial charge in [0.15, 0.2) is 5.78 Å². The zero-order valence-electron chi connectivity index (χ0n) is 11.5. The predicted octanol–water partition coefficient (Wildman–Crippen LogP) is 1.33. The van der Waals surface area contributed by atoms with Gasteiger partial charge in [0.1, 0.15) is 12.0 Å². The fourth-order valence-electron chi connectivity index (χ4n) is 2.71. The molecule has 1 unspecified atom stereocenters. The molecule has 2 saturated heterocycles. The number of ketones is 1. The molecule has 0 radical (unpaired) electrons. The zero-order chi connectivity index (χ0) is 15.0. The minimum atomic E-state index is -0.670. The number of ether oxygens (including phenoxy) is 1. The van der Waals surface area contributed by atoms with Crippen LogP contribution < -0.4 is 0 Å². The van der Waals surface area contributed by atoms with Crippen LogP contribution in [0.1, 0.15) is 17.3 Å². The molecule has 21 heavy (non-hydrogen) atoms. The van der Waals surface area contributed by atoms with E-state index in [9.17, 15) is 14.4 Å². The molecule has 1 amide bonds. The summed E-state index contributed by atoms with van der Waals surface area (Å²) >= 11 is 1.47. The van der Waals surface area contributed by atoms with Crippen LogP contribution in [0.3, 0.4) is 0 Å². The van der Waals surface area contributed by atoms with Gasteiger partial charge in [0.25, 0.3) is 0 Å². The highest BCUT2D eigenvalue weighted by Crippen LogP contribution is 2.45. The van der Waals surface area contributed by atoms with Crippen LogP contribution in [-0.4, -0.2) is 46.3 Å². The maximum absolute atomic E-state index is 12.4. The van der Waals surface area contributed by atoms with Crippen LogP contribution in [0.5, 0.6) is 0 Å². The van der Waals surface area contributed by atoms with Gasteiger partial charge in [0.05, 0.1) is 12.0 Å². The molecule has 2 aliphatic rings. The third kappa shape index (κ3) is 2.23. The predicted molar refractivity (Wildman–Crippen MR) is 77.8 cm³/mol. The molecule has 3 rings (SSSR count). The second-order valence-corrected chi connectivity index (χ2v) is 6.09. The fraction of sp³-hybridized carbons (Fsp3) is 0.400. The van der Waals surface area contributed by atoms with Gasteiger partial charge in [-0.2, -0.15) is 0 Å². The number of carbonyl (C=O) groups is 3. The van der Waals surface area contributed by atoms with Crippen molar-refractivity contribution < 1.29 is 19.1 Å². The maximum Gasteiger partial charge on any atom is 0.329 e. The lowest BCUT2D eigenvalue weighted by Gasteiger charge is -2.42. The van der Waals surface area contributed by atoms with Crippen LogP contribution in [-0.2, 0) is 14.3 Å². The summed E-state index contributed by atoms with van der Waals surface area (Å²) in [5.41, 5.74) is 0.538. The van der Waals surface area contributed by atoms with Crippen molar-refractivity contribution in [2.24, 2.45) is 5.92 Å². The molecule has 0 N–H and O–H groups in total. The van der Waals surface area contributed by atoms with Gasteiger partial charge in [-0.05, 0) is 6.92 Å². The van der Waals surface area contributed by atoms with Crippen molar-refractivity contribution in [3.63, 3.8) is 0 Å². The lowest BCUT2D eigenvalue weighted by Crippen LogP contribution is -2.63. The van der Waals surface area contributed by atoms with Gasteiger partial charge in [0, 0.05) is 11.3 Å². The van der Waals surface area contributed by atoms with E-state index in [0.717, 1.165) is 0 Å². The van der Waals surface area contributed by atoms with E-state index in [2.05, 4.69) is 0 Å². The van der Waals surface area contributed by atoms with Gasteiger partial charge in [-0.1, -0.05) is 30.3 Å². The highest BCUT2D eigenvalue weighted by atomic mass is 32.2. The molecular formula is C15H15NO4S. The number of benzene rings is 1. The summed E-state index contributed by atoms with van der Waals surface area (Å²) in [5, 5.41) is -0.236. The van der Waals surface area contributed by atoms with Crippen LogP contribution in [0.2, 0.25) is 0 Å². The normalized spacial score (nSPS) is 27.0. The minimum Gasteiger partial charge on any atom is -0.464 e. The summed E-state index contributed by atoms with van der Waals surface area (Å²) in [6.07, 6.45) is 0. The molecule has 0 spiro atoms. The lowest BCUT2D eigenvalue weighted by atomic mass is 9.88. The van der Waals surface area contributed by atoms with Gasteiger partial charge < -0.3 is 9.64 Å². The Kier molecular flexibility index (Phi) is 3.71. The summed E-state index contributed by atoms with van der Waals surface area (Å²) < 4.78 is 4.98. The summed E-state index contributed by atoms with van der Waals surface area (Å²) in [6.45, 7) is 2.02. The average molecular weight is 305 g/mol. The first-order chi connectivity index (χ1) is 10.1. The van der Waals surface area contributed by atoms with Crippen molar-refractivity contribution in [3.8, 4) is 0 Å². The van der Waals surface area contributed by atoms with E-state index in [1.807, 2.05) is 6.07 Å². The van der Waals surface area contributed by atoms with E-state index in [1.54, 1.807) is 31.2 Å². The molecule has 3 atom stereocenters. The Morgan fingerprint density at radius 1 is 1.33 bits per heavy atom. The van der Waals surface area contributed by atoms with Gasteiger partial charge in [0.2, 0.25) is 5.91 Å². The smallest absolute Gasteiger partial charge is 0.329 e. The Morgan fingerprint density at radius 3 is 2.71 bits per heavy atom. The first-order valence-electron chi connectivity index (χ1n) is 6.84. The van der Waals surface area contributed by atoms with E-state index in [-0.39, 0.29) is 23.0 Å². The number of hydrogen-bond donors (Lipinski definition) is 0. The van der Waals surface area contributed by atoms with Crippen molar-refractivity contribution >= 4 is 29.4 Å². The van der Waals surface area contributed by atoms with E-state index >= 15 is 0 Å². The number of thioether (sulfide) groups is 1. The monoisotopic (exact) mass is 305 g/mol. The van der Waals surface area contributed by atoms with Gasteiger partial charge in [-0.25, -0.2) is 4.79 Å². The van der Waals surface area contributed by atoms with Crippen LogP contribution >= 0.6 is 11.8 Å². The molecule has 0 saturated carbocycles. The van der Waals surface area contributed by atoms with Crippen molar-refractivity contribution in [1.29, 1.82) is 0 Å². The van der Waals surface area contributed by atoms with Crippen molar-refractivity contribution in [2.75, 3.05) is 12.4 Å². The number of amides is 1. The molecule has 0 aliphatic carbocycles. The Balaban J connectivity index is 1.74. The van der Waals surface area contributed by atoms with Crippen molar-refractivity contribution in [2.45, 2.75) is 18.3 Å². The van der Waals surface area contributed by atoms with Gasteiger partial charge >= 0.3 is 5.97 Å². The highest BCUT2D eigenvalue weighted by molar-refractivity contribution is 8.00. The highest BCUT2D eigenvalue weighted by Gasteiger charge is 2.59. The second-order valence-electron chi connectivity index (χ2n) is 4.95. The molecule has 0 bridgehead atoms. The Labute approximate surface area is 126 Å². The number of nitrogens with zero attached hydrogens (tertiary/aromatic N) is 1. The van der Waals surface area contributed by atoms with E-state index in [1.165, 1.54) is 16.7 Å². The molecule has 5 nitrogen and oxygen atoms in total. The average Bonchev–Trinajstić information content (AvgIpc) is 2.88. The topological polar surface area (TPSA) is 63.7 Å². The zero-order valence-corrected chi connectivity index (χ0v) is 12.3. The first-order valence-corrected chi connectivity index (χ1v) is 7.89. The summed E-state index contributed by atoms with van der Waals surface area (Å²) in [4.78, 5) is 38.0. The lowest BCUT2D eigenvalue weighted by molar-refractivity contribution is -0.162. The molecule has 110 valence electrons. The summed E-state index contributed by atoms with van der Waals surface area (Å²) in [6, 6.07) is 8.25. The first kappa shape index (κ1) is 14.1. The Bertz CT molecular complexity index is 589. The fourth-order valence-corrected chi connectivity index (χ4v) is 4.23. The SMILES string of the molecule is CCOC(=O)[C@H]1CSC2[C@H](C(=O)c3ccccc3)C(=O)N21. The van der Waals surface area contributed by atoms with Crippen LogP contribution in [0.15, 0.2) is 30.3 Å². The van der Waals surface area contributed by atoms with Crippen LogP contribution in [0.4, 0.5) is 0 Å².